The second-order valence-corrected chi connectivity index (χ2v) is 5.52. The van der Waals surface area contributed by atoms with E-state index >= 15 is 0 Å². The first-order chi connectivity index (χ1) is 8.99. The van der Waals surface area contributed by atoms with Crippen LogP contribution in [0, 0.1) is 23.7 Å². The molecule has 2 bridgehead atoms. The van der Waals surface area contributed by atoms with Crippen LogP contribution in [0.2, 0.25) is 0 Å². The normalized spacial score (nSPS) is 42.7. The highest BCUT2D eigenvalue weighted by atomic mass is 16.6. The van der Waals surface area contributed by atoms with Crippen LogP contribution < -0.4 is 0 Å². The molecule has 2 aliphatic carbocycles. The average molecular weight is 268 g/mol. The standard InChI is InChI=1S/C13H16O6/c1-5(14)18-9-3-7-10-8(4-17-13(10)16)11(9)12(7)19-6(2)15/h7-12H,3-4H2,1-2H3/t7-,8+,9-,10+,11+,12-/m1/s1. The van der Waals surface area contributed by atoms with E-state index in [1.54, 1.807) is 0 Å². The number of carbonyl (C=O) groups excluding carboxylic acids is 3. The first kappa shape index (κ1) is 12.4. The fraction of sp³-hybridized carbons (Fsp3) is 0.769. The van der Waals surface area contributed by atoms with Gasteiger partial charge in [0, 0.05) is 31.6 Å². The molecule has 3 rings (SSSR count). The summed E-state index contributed by atoms with van der Waals surface area (Å²) >= 11 is 0. The van der Waals surface area contributed by atoms with Crippen LogP contribution in [-0.2, 0) is 28.6 Å². The zero-order valence-electron chi connectivity index (χ0n) is 10.8. The molecule has 104 valence electrons. The van der Waals surface area contributed by atoms with Gasteiger partial charge in [-0.2, -0.15) is 0 Å². The van der Waals surface area contributed by atoms with Crippen LogP contribution in [0.4, 0.5) is 0 Å². The van der Waals surface area contributed by atoms with Crippen molar-refractivity contribution in [3.8, 4) is 0 Å². The van der Waals surface area contributed by atoms with Gasteiger partial charge in [0.1, 0.15) is 12.2 Å². The van der Waals surface area contributed by atoms with Gasteiger partial charge in [0.05, 0.1) is 12.5 Å². The van der Waals surface area contributed by atoms with Crippen LogP contribution in [-0.4, -0.2) is 36.7 Å². The van der Waals surface area contributed by atoms with Crippen molar-refractivity contribution >= 4 is 17.9 Å². The lowest BCUT2D eigenvalue weighted by Gasteiger charge is -2.27. The van der Waals surface area contributed by atoms with E-state index in [1.165, 1.54) is 13.8 Å². The summed E-state index contributed by atoms with van der Waals surface area (Å²) in [4.78, 5) is 34.1. The number of rotatable bonds is 2. The van der Waals surface area contributed by atoms with Gasteiger partial charge in [-0.1, -0.05) is 0 Å². The van der Waals surface area contributed by atoms with Crippen LogP contribution in [0.25, 0.3) is 0 Å². The molecule has 0 radical (unpaired) electrons. The number of hydrogen-bond donors (Lipinski definition) is 0. The van der Waals surface area contributed by atoms with Gasteiger partial charge < -0.3 is 14.2 Å². The number of esters is 3. The third-order valence-corrected chi connectivity index (χ3v) is 4.46. The van der Waals surface area contributed by atoms with Gasteiger partial charge in [0.15, 0.2) is 0 Å². The van der Waals surface area contributed by atoms with E-state index in [1.807, 2.05) is 0 Å². The molecule has 3 aliphatic rings. The van der Waals surface area contributed by atoms with E-state index in [0.29, 0.717) is 13.0 Å². The Labute approximate surface area is 110 Å². The number of carbonyl (C=O) groups is 3. The summed E-state index contributed by atoms with van der Waals surface area (Å²) in [6.07, 6.45) is -0.0364. The predicted octanol–water partition coefficient (Wildman–Crippen LogP) is 0.289. The van der Waals surface area contributed by atoms with Gasteiger partial charge in [-0.3, -0.25) is 14.4 Å². The third kappa shape index (κ3) is 1.81. The molecule has 0 aromatic carbocycles. The van der Waals surface area contributed by atoms with E-state index in [4.69, 9.17) is 14.2 Å². The molecule has 1 aliphatic heterocycles. The largest absolute Gasteiger partial charge is 0.465 e. The van der Waals surface area contributed by atoms with Crippen LogP contribution in [0.1, 0.15) is 20.3 Å². The zero-order chi connectivity index (χ0) is 13.7. The summed E-state index contributed by atoms with van der Waals surface area (Å²) in [5.41, 5.74) is 0. The molecule has 0 aromatic heterocycles. The molecule has 6 heteroatoms. The summed E-state index contributed by atoms with van der Waals surface area (Å²) in [5.74, 6) is -1.33. The summed E-state index contributed by atoms with van der Waals surface area (Å²) in [6, 6.07) is 0. The molecule has 0 N–H and O–H groups in total. The minimum atomic E-state index is -0.364. The summed E-state index contributed by atoms with van der Waals surface area (Å²) in [5, 5.41) is 0. The van der Waals surface area contributed by atoms with Gasteiger partial charge in [-0.05, 0) is 6.42 Å². The van der Waals surface area contributed by atoms with Gasteiger partial charge in [0.2, 0.25) is 0 Å². The Kier molecular flexibility index (Phi) is 2.76. The quantitative estimate of drug-likeness (QED) is 0.529. The monoisotopic (exact) mass is 268 g/mol. The van der Waals surface area contributed by atoms with Crippen LogP contribution in [0.5, 0.6) is 0 Å². The fourth-order valence-electron chi connectivity index (χ4n) is 4.02. The van der Waals surface area contributed by atoms with Crippen molar-refractivity contribution in [1.29, 1.82) is 0 Å². The first-order valence-corrected chi connectivity index (χ1v) is 6.50. The minimum Gasteiger partial charge on any atom is -0.465 e. The van der Waals surface area contributed by atoms with Crippen molar-refractivity contribution in [2.24, 2.45) is 23.7 Å². The molecule has 19 heavy (non-hydrogen) atoms. The lowest BCUT2D eigenvalue weighted by molar-refractivity contribution is -0.155. The Balaban J connectivity index is 1.85. The Morgan fingerprint density at radius 1 is 1.16 bits per heavy atom. The highest BCUT2D eigenvalue weighted by Gasteiger charge is 2.66. The van der Waals surface area contributed by atoms with Crippen molar-refractivity contribution < 1.29 is 28.6 Å². The molecule has 6 atom stereocenters. The summed E-state index contributed by atoms with van der Waals surface area (Å²) in [7, 11) is 0. The lowest BCUT2D eigenvalue weighted by atomic mass is 9.80. The Morgan fingerprint density at radius 3 is 2.47 bits per heavy atom. The molecule has 0 unspecified atom stereocenters. The number of ether oxygens (including phenoxy) is 3. The predicted molar refractivity (Wildman–Crippen MR) is 60.6 cm³/mol. The maximum absolute atomic E-state index is 11.7. The summed E-state index contributed by atoms with van der Waals surface area (Å²) < 4.78 is 15.7. The zero-order valence-corrected chi connectivity index (χ0v) is 10.8. The van der Waals surface area contributed by atoms with Gasteiger partial charge in [-0.25, -0.2) is 0 Å². The molecule has 0 amide bonds. The van der Waals surface area contributed by atoms with E-state index in [2.05, 4.69) is 0 Å². The third-order valence-electron chi connectivity index (χ3n) is 4.46. The molecule has 6 nitrogen and oxygen atoms in total. The SMILES string of the molecule is CC(=O)O[C@@H]1[C@@H]2C[C@@H](OC(C)=O)[C@@H]1[C@H]1COC(=O)[C@@H]21. The average Bonchev–Trinajstić information content (AvgIpc) is 2.89. The van der Waals surface area contributed by atoms with Crippen molar-refractivity contribution in [3.05, 3.63) is 0 Å². The molecular formula is C13H16O6. The lowest BCUT2D eigenvalue weighted by Crippen LogP contribution is -2.35. The number of hydrogen-bond acceptors (Lipinski definition) is 6. The number of cyclic esters (lactones) is 1. The maximum atomic E-state index is 11.7. The first-order valence-electron chi connectivity index (χ1n) is 6.50. The Hall–Kier alpha value is -1.59. The number of fused-ring (bicyclic) bond motifs is 5. The summed E-state index contributed by atoms with van der Waals surface area (Å²) in [6.45, 7) is 3.05. The highest BCUT2D eigenvalue weighted by molar-refractivity contribution is 5.77. The molecule has 0 spiro atoms. The molecular weight excluding hydrogens is 252 g/mol. The Bertz CT molecular complexity index is 444. The maximum Gasteiger partial charge on any atom is 0.309 e. The van der Waals surface area contributed by atoms with Gasteiger partial charge in [-0.15, -0.1) is 0 Å². The van der Waals surface area contributed by atoms with E-state index < -0.39 is 0 Å². The van der Waals surface area contributed by atoms with Crippen LogP contribution >= 0.6 is 0 Å². The van der Waals surface area contributed by atoms with Crippen LogP contribution in [0.15, 0.2) is 0 Å². The van der Waals surface area contributed by atoms with E-state index in [-0.39, 0.29) is 53.8 Å². The van der Waals surface area contributed by atoms with Crippen molar-refractivity contribution in [1.82, 2.24) is 0 Å². The van der Waals surface area contributed by atoms with Crippen molar-refractivity contribution in [3.63, 3.8) is 0 Å². The van der Waals surface area contributed by atoms with Crippen molar-refractivity contribution in [2.75, 3.05) is 6.61 Å². The molecule has 2 saturated carbocycles. The molecule has 1 saturated heterocycles. The molecule has 1 heterocycles. The Morgan fingerprint density at radius 2 is 1.84 bits per heavy atom. The minimum absolute atomic E-state index is 0.0000463. The van der Waals surface area contributed by atoms with Crippen molar-refractivity contribution in [2.45, 2.75) is 32.5 Å². The molecule has 3 fully saturated rings. The van der Waals surface area contributed by atoms with Crippen LogP contribution in [0.3, 0.4) is 0 Å². The van der Waals surface area contributed by atoms with Gasteiger partial charge >= 0.3 is 17.9 Å². The second kappa shape index (κ2) is 4.21. The highest BCUT2D eigenvalue weighted by Crippen LogP contribution is 2.57. The van der Waals surface area contributed by atoms with Gasteiger partial charge in [0.25, 0.3) is 0 Å². The smallest absolute Gasteiger partial charge is 0.309 e. The molecule has 0 aromatic rings. The topological polar surface area (TPSA) is 78.9 Å². The van der Waals surface area contributed by atoms with E-state index in [9.17, 15) is 14.4 Å². The fourth-order valence-corrected chi connectivity index (χ4v) is 4.02. The van der Waals surface area contributed by atoms with E-state index in [0.717, 1.165) is 0 Å². The second-order valence-electron chi connectivity index (χ2n) is 5.52.